The third-order valence-corrected chi connectivity index (χ3v) is 4.25. The van der Waals surface area contributed by atoms with Crippen LogP contribution in [0.4, 0.5) is 0 Å². The Morgan fingerprint density at radius 2 is 2.21 bits per heavy atom. The van der Waals surface area contributed by atoms with Crippen molar-refractivity contribution in [2.24, 2.45) is 17.8 Å². The highest BCUT2D eigenvalue weighted by Gasteiger charge is 2.57. The van der Waals surface area contributed by atoms with Gasteiger partial charge in [0.05, 0.1) is 11.7 Å². The first-order valence-corrected chi connectivity index (χ1v) is 5.33. The average molecular weight is 198 g/mol. The van der Waals surface area contributed by atoms with Gasteiger partial charge in [0.15, 0.2) is 0 Å². The number of carbonyl (C=O) groups excluding carboxylic acids is 1. The maximum Gasteiger partial charge on any atom is 0.143 e. The molecule has 0 aliphatic carbocycles. The zero-order valence-corrected chi connectivity index (χ0v) is 8.99. The highest BCUT2D eigenvalue weighted by molar-refractivity contribution is 5.85. The smallest absolute Gasteiger partial charge is 0.143 e. The van der Waals surface area contributed by atoms with E-state index in [2.05, 4.69) is 0 Å². The summed E-state index contributed by atoms with van der Waals surface area (Å²) in [7, 11) is 0. The van der Waals surface area contributed by atoms with E-state index in [1.807, 2.05) is 20.8 Å². The van der Waals surface area contributed by atoms with Crippen LogP contribution in [0.3, 0.4) is 0 Å². The topological polar surface area (TPSA) is 46.5 Å². The number of fused-ring (bicyclic) bond motifs is 2. The van der Waals surface area contributed by atoms with Gasteiger partial charge in [0.2, 0.25) is 0 Å². The first-order valence-electron chi connectivity index (χ1n) is 5.33. The molecule has 80 valence electrons. The highest BCUT2D eigenvalue weighted by Crippen LogP contribution is 2.48. The summed E-state index contributed by atoms with van der Waals surface area (Å²) in [5.41, 5.74) is -0.428. The van der Waals surface area contributed by atoms with E-state index in [1.54, 1.807) is 0 Å². The molecular formula is C11H18O3. The van der Waals surface area contributed by atoms with Gasteiger partial charge in [-0.1, -0.05) is 13.8 Å². The number of hydrogen-bond donors (Lipinski definition) is 1. The summed E-state index contributed by atoms with van der Waals surface area (Å²) in [4.78, 5) is 11.9. The summed E-state index contributed by atoms with van der Waals surface area (Å²) in [6.07, 6.45) is 0.852. The molecule has 0 amide bonds. The molecule has 14 heavy (non-hydrogen) atoms. The van der Waals surface area contributed by atoms with Crippen molar-refractivity contribution in [1.82, 2.24) is 0 Å². The molecular weight excluding hydrogens is 180 g/mol. The molecule has 2 aliphatic heterocycles. The van der Waals surface area contributed by atoms with Crippen LogP contribution in [0.2, 0.25) is 0 Å². The molecule has 0 saturated carbocycles. The summed E-state index contributed by atoms with van der Waals surface area (Å²) >= 11 is 0. The summed E-state index contributed by atoms with van der Waals surface area (Å²) in [6, 6.07) is 0. The van der Waals surface area contributed by atoms with Gasteiger partial charge in [-0.15, -0.1) is 0 Å². The van der Waals surface area contributed by atoms with E-state index in [-0.39, 0.29) is 30.5 Å². The van der Waals surface area contributed by atoms with Gasteiger partial charge in [0, 0.05) is 24.4 Å². The van der Waals surface area contributed by atoms with Crippen LogP contribution in [0.25, 0.3) is 0 Å². The van der Waals surface area contributed by atoms with Crippen molar-refractivity contribution in [3.63, 3.8) is 0 Å². The van der Waals surface area contributed by atoms with Crippen LogP contribution in [0.15, 0.2) is 0 Å². The fourth-order valence-electron chi connectivity index (χ4n) is 2.86. The predicted octanol–water partition coefficient (Wildman–Crippen LogP) is 0.997. The minimum atomic E-state index is -0.428. The molecule has 3 nitrogen and oxygen atoms in total. The lowest BCUT2D eigenvalue weighted by Gasteiger charge is -2.40. The Morgan fingerprint density at radius 1 is 1.57 bits per heavy atom. The van der Waals surface area contributed by atoms with Gasteiger partial charge in [-0.2, -0.15) is 0 Å². The quantitative estimate of drug-likeness (QED) is 0.683. The minimum Gasteiger partial charge on any atom is -0.396 e. The second kappa shape index (κ2) is 3.04. The third-order valence-electron chi connectivity index (χ3n) is 4.25. The molecule has 1 N–H and O–H groups in total. The lowest BCUT2D eigenvalue weighted by atomic mass is 9.77. The lowest BCUT2D eigenvalue weighted by molar-refractivity contribution is -0.165. The monoisotopic (exact) mass is 198 g/mol. The van der Waals surface area contributed by atoms with E-state index in [0.717, 1.165) is 6.42 Å². The molecule has 0 aromatic heterocycles. The molecule has 3 heteroatoms. The van der Waals surface area contributed by atoms with E-state index in [4.69, 9.17) is 4.74 Å². The van der Waals surface area contributed by atoms with Crippen LogP contribution in [-0.2, 0) is 9.53 Å². The van der Waals surface area contributed by atoms with Crippen LogP contribution in [0.5, 0.6) is 0 Å². The van der Waals surface area contributed by atoms with Crippen LogP contribution in [0.1, 0.15) is 27.2 Å². The van der Waals surface area contributed by atoms with E-state index in [9.17, 15) is 9.90 Å². The zero-order chi connectivity index (χ0) is 10.5. The summed E-state index contributed by atoms with van der Waals surface area (Å²) in [6.45, 7) is 5.94. The molecule has 0 radical (unpaired) electrons. The largest absolute Gasteiger partial charge is 0.396 e. The molecule has 2 heterocycles. The number of carbonyl (C=O) groups is 1. The van der Waals surface area contributed by atoms with Crippen molar-refractivity contribution in [2.75, 3.05) is 6.61 Å². The van der Waals surface area contributed by atoms with Crippen LogP contribution >= 0.6 is 0 Å². The third kappa shape index (κ3) is 1.09. The fourth-order valence-corrected chi connectivity index (χ4v) is 2.86. The normalized spacial score (nSPS) is 52.4. The van der Waals surface area contributed by atoms with Gasteiger partial charge in [0.25, 0.3) is 0 Å². The first kappa shape index (κ1) is 10.1. The van der Waals surface area contributed by atoms with Crippen molar-refractivity contribution in [2.45, 2.75) is 38.9 Å². The molecule has 2 saturated heterocycles. The predicted molar refractivity (Wildman–Crippen MR) is 51.8 cm³/mol. The summed E-state index contributed by atoms with van der Waals surface area (Å²) < 4.78 is 5.90. The number of ether oxygens (including phenoxy) is 1. The maximum absolute atomic E-state index is 11.9. The molecule has 0 aromatic rings. The second-order valence-electron chi connectivity index (χ2n) is 4.87. The zero-order valence-electron chi connectivity index (χ0n) is 8.99. The van der Waals surface area contributed by atoms with Gasteiger partial charge in [0.1, 0.15) is 5.78 Å². The number of rotatable bonds is 1. The van der Waals surface area contributed by atoms with Gasteiger partial charge in [-0.05, 0) is 13.3 Å². The molecule has 5 atom stereocenters. The Labute approximate surface area is 84.4 Å². The van der Waals surface area contributed by atoms with Gasteiger partial charge in [-0.3, -0.25) is 4.79 Å². The Morgan fingerprint density at radius 3 is 2.79 bits per heavy atom. The molecule has 2 rings (SSSR count). The number of Topliss-reactive ketones (excluding diaryl/α,β-unsaturated/α-hetero) is 1. The van der Waals surface area contributed by atoms with E-state index < -0.39 is 5.60 Å². The first-order chi connectivity index (χ1) is 6.50. The summed E-state index contributed by atoms with van der Waals surface area (Å²) in [5.74, 6) is 0.319. The van der Waals surface area contributed by atoms with E-state index in [1.165, 1.54) is 0 Å². The molecule has 2 aliphatic rings. The van der Waals surface area contributed by atoms with Gasteiger partial charge >= 0.3 is 0 Å². The minimum absolute atomic E-state index is 0.00498. The van der Waals surface area contributed by atoms with Crippen LogP contribution in [-0.4, -0.2) is 29.2 Å². The second-order valence-corrected chi connectivity index (χ2v) is 4.87. The van der Waals surface area contributed by atoms with Crippen molar-refractivity contribution < 1.29 is 14.6 Å². The number of hydrogen-bond acceptors (Lipinski definition) is 3. The van der Waals surface area contributed by atoms with Gasteiger partial charge < -0.3 is 9.84 Å². The van der Waals surface area contributed by atoms with E-state index >= 15 is 0 Å². The average Bonchev–Trinajstić information content (AvgIpc) is 2.49. The summed E-state index contributed by atoms with van der Waals surface area (Å²) in [5, 5.41) is 9.28. The number of aliphatic hydroxyl groups excluding tert-OH is 1. The van der Waals surface area contributed by atoms with Gasteiger partial charge in [-0.25, -0.2) is 0 Å². The van der Waals surface area contributed by atoms with Crippen molar-refractivity contribution in [3.8, 4) is 0 Å². The fraction of sp³-hybridized carbons (Fsp3) is 0.909. The standard InChI is InChI=1S/C11H18O3/c1-6-9-4-8(5-12)11(3,14-9)7(2)10(6)13/h6-9,12H,4-5H2,1-3H3. The molecule has 0 spiro atoms. The van der Waals surface area contributed by atoms with Crippen LogP contribution in [0, 0.1) is 17.8 Å². The van der Waals surface area contributed by atoms with Crippen LogP contribution < -0.4 is 0 Å². The van der Waals surface area contributed by atoms with E-state index in [0.29, 0.717) is 5.78 Å². The Balaban J connectivity index is 2.34. The molecule has 2 bridgehead atoms. The lowest BCUT2D eigenvalue weighted by Crippen LogP contribution is -2.50. The highest BCUT2D eigenvalue weighted by atomic mass is 16.5. The Kier molecular flexibility index (Phi) is 2.20. The molecule has 0 aromatic carbocycles. The number of aliphatic hydroxyl groups is 1. The van der Waals surface area contributed by atoms with Crippen molar-refractivity contribution >= 4 is 5.78 Å². The Hall–Kier alpha value is -0.410. The maximum atomic E-state index is 11.9. The van der Waals surface area contributed by atoms with Crippen molar-refractivity contribution in [1.29, 1.82) is 0 Å². The Bertz CT molecular complexity index is 263. The number of ketones is 1. The molecule has 5 unspecified atom stereocenters. The van der Waals surface area contributed by atoms with Crippen molar-refractivity contribution in [3.05, 3.63) is 0 Å². The molecule has 2 fully saturated rings. The SMILES string of the molecule is CC1C(=O)C(C)C2(C)OC1CC2CO.